The van der Waals surface area contributed by atoms with Crippen molar-refractivity contribution in [3.8, 4) is 5.75 Å². The molecule has 0 radical (unpaired) electrons. The number of hydrogen-bond donors (Lipinski definition) is 0. The van der Waals surface area contributed by atoms with E-state index in [2.05, 4.69) is 61.7 Å². The van der Waals surface area contributed by atoms with Gasteiger partial charge >= 0.3 is 0 Å². The van der Waals surface area contributed by atoms with Gasteiger partial charge in [-0.25, -0.2) is 9.97 Å². The molecule has 5 aromatic rings. The van der Waals surface area contributed by atoms with Gasteiger partial charge in [0.25, 0.3) is 0 Å². The molecule has 0 fully saturated rings. The van der Waals surface area contributed by atoms with Crippen LogP contribution in [0.3, 0.4) is 0 Å². The van der Waals surface area contributed by atoms with Crippen LogP contribution in [0.5, 0.6) is 5.75 Å². The van der Waals surface area contributed by atoms with Gasteiger partial charge in [0, 0.05) is 10.9 Å². The van der Waals surface area contributed by atoms with Crippen molar-refractivity contribution in [1.82, 2.24) is 14.5 Å². The average molecular weight is 410 g/mol. The molecule has 5 rings (SSSR count). The summed E-state index contributed by atoms with van der Waals surface area (Å²) in [4.78, 5) is 10.0. The largest absolute Gasteiger partial charge is 0.493 e. The number of nitrogens with zero attached hydrogens (tertiary/aromatic N) is 3. The van der Waals surface area contributed by atoms with E-state index in [0.717, 1.165) is 57.4 Å². The van der Waals surface area contributed by atoms with Crippen molar-refractivity contribution in [1.29, 1.82) is 0 Å². The molecular weight excluding hydrogens is 382 g/mol. The molecule has 0 saturated carbocycles. The molecular formula is C27H27N3O. The molecule has 156 valence electrons. The summed E-state index contributed by atoms with van der Waals surface area (Å²) < 4.78 is 8.43. The Morgan fingerprint density at radius 2 is 1.65 bits per heavy atom. The van der Waals surface area contributed by atoms with E-state index in [-0.39, 0.29) is 0 Å². The third kappa shape index (κ3) is 3.74. The molecule has 0 aliphatic heterocycles. The Bertz CT molecular complexity index is 1380. The highest BCUT2D eigenvalue weighted by Gasteiger charge is 2.16. The van der Waals surface area contributed by atoms with Crippen molar-refractivity contribution in [3.05, 3.63) is 77.9 Å². The van der Waals surface area contributed by atoms with Gasteiger partial charge in [0.05, 0.1) is 29.7 Å². The Labute approximate surface area is 182 Å². The molecule has 4 heteroatoms. The average Bonchev–Trinajstić information content (AvgIpc) is 3.05. The van der Waals surface area contributed by atoms with Crippen LogP contribution in [0.2, 0.25) is 0 Å². The molecule has 0 amide bonds. The first-order chi connectivity index (χ1) is 15.1. The van der Waals surface area contributed by atoms with Gasteiger partial charge in [0.2, 0.25) is 0 Å². The molecule has 0 N–H and O–H groups in total. The highest BCUT2D eigenvalue weighted by Crippen LogP contribution is 2.31. The summed E-state index contributed by atoms with van der Waals surface area (Å²) in [5.74, 6) is 1.57. The van der Waals surface area contributed by atoms with E-state index < -0.39 is 0 Å². The Morgan fingerprint density at radius 3 is 2.45 bits per heavy atom. The maximum absolute atomic E-state index is 6.16. The van der Waals surface area contributed by atoms with Crippen LogP contribution in [0.25, 0.3) is 33.1 Å². The predicted octanol–water partition coefficient (Wildman–Crippen LogP) is 6.52. The molecule has 3 aromatic carbocycles. The normalized spacial score (nSPS) is 11.7. The number of rotatable bonds is 6. The number of aryl methyl sites for hydroxylation is 1. The fraction of sp³-hybridized carbons (Fsp3) is 0.259. The maximum Gasteiger partial charge on any atom is 0.160 e. The lowest BCUT2D eigenvalue weighted by Gasteiger charge is -2.14. The van der Waals surface area contributed by atoms with E-state index in [1.165, 1.54) is 5.56 Å². The second kappa shape index (κ2) is 8.03. The third-order valence-electron chi connectivity index (χ3n) is 5.76. The minimum absolute atomic E-state index is 0.622. The quantitative estimate of drug-likeness (QED) is 0.320. The molecule has 0 aliphatic carbocycles. The Morgan fingerprint density at radius 1 is 0.903 bits per heavy atom. The summed E-state index contributed by atoms with van der Waals surface area (Å²) in [6, 6.07) is 22.9. The summed E-state index contributed by atoms with van der Waals surface area (Å²) in [7, 11) is 0. The minimum Gasteiger partial charge on any atom is -0.493 e. The first kappa shape index (κ1) is 19.6. The second-order valence-corrected chi connectivity index (χ2v) is 8.63. The van der Waals surface area contributed by atoms with Gasteiger partial charge in [0.1, 0.15) is 11.3 Å². The van der Waals surface area contributed by atoms with E-state index in [9.17, 15) is 0 Å². The van der Waals surface area contributed by atoms with Crippen LogP contribution >= 0.6 is 0 Å². The van der Waals surface area contributed by atoms with Crippen LogP contribution in [-0.2, 0) is 6.54 Å². The van der Waals surface area contributed by atoms with E-state index >= 15 is 0 Å². The molecule has 0 aliphatic rings. The second-order valence-electron chi connectivity index (χ2n) is 8.63. The molecule has 0 spiro atoms. The summed E-state index contributed by atoms with van der Waals surface area (Å²) in [6.07, 6.45) is 1.04. The van der Waals surface area contributed by atoms with Gasteiger partial charge in [-0.05, 0) is 49.6 Å². The molecule has 4 nitrogen and oxygen atoms in total. The smallest absolute Gasteiger partial charge is 0.160 e. The summed E-state index contributed by atoms with van der Waals surface area (Å²) >= 11 is 0. The SMILES string of the molecule is Cc1ccc2c(c1)c1nc3ccccc3nc1n2Cc1ccccc1OCCC(C)C. The number of aromatic nitrogens is 3. The van der Waals surface area contributed by atoms with Gasteiger partial charge in [0.15, 0.2) is 5.65 Å². The molecule has 2 aromatic heterocycles. The predicted molar refractivity (Wildman–Crippen MR) is 128 cm³/mol. The minimum atomic E-state index is 0.622. The Balaban J connectivity index is 1.65. The van der Waals surface area contributed by atoms with Crippen LogP contribution in [0.1, 0.15) is 31.4 Å². The zero-order valence-electron chi connectivity index (χ0n) is 18.3. The molecule has 0 unspecified atom stereocenters. The van der Waals surface area contributed by atoms with E-state index in [0.29, 0.717) is 12.5 Å². The maximum atomic E-state index is 6.16. The van der Waals surface area contributed by atoms with Crippen molar-refractivity contribution < 1.29 is 4.74 Å². The monoisotopic (exact) mass is 409 g/mol. The van der Waals surface area contributed by atoms with Crippen molar-refractivity contribution >= 4 is 33.1 Å². The highest BCUT2D eigenvalue weighted by atomic mass is 16.5. The lowest BCUT2D eigenvalue weighted by Crippen LogP contribution is -2.06. The molecule has 2 heterocycles. The van der Waals surface area contributed by atoms with Crippen molar-refractivity contribution in [2.24, 2.45) is 5.92 Å². The molecule has 31 heavy (non-hydrogen) atoms. The third-order valence-corrected chi connectivity index (χ3v) is 5.76. The van der Waals surface area contributed by atoms with E-state index in [1.807, 2.05) is 30.3 Å². The lowest BCUT2D eigenvalue weighted by molar-refractivity contribution is 0.286. The topological polar surface area (TPSA) is 39.9 Å². The standard InChI is InChI=1S/C27H27N3O/c1-18(2)14-15-31-25-11-7-4-8-20(25)17-30-24-13-12-19(3)16-21(24)26-27(30)29-23-10-6-5-9-22(23)28-26/h4-13,16,18H,14-15,17H2,1-3H3. The first-order valence-electron chi connectivity index (χ1n) is 11.0. The van der Waals surface area contributed by atoms with Crippen LogP contribution in [0, 0.1) is 12.8 Å². The highest BCUT2D eigenvalue weighted by molar-refractivity contribution is 6.06. The molecule has 0 bridgehead atoms. The Kier molecular flexibility index (Phi) is 5.06. The van der Waals surface area contributed by atoms with Crippen molar-refractivity contribution in [3.63, 3.8) is 0 Å². The fourth-order valence-electron chi connectivity index (χ4n) is 4.06. The van der Waals surface area contributed by atoms with Crippen molar-refractivity contribution in [2.45, 2.75) is 33.7 Å². The van der Waals surface area contributed by atoms with Gasteiger partial charge in [-0.1, -0.05) is 55.8 Å². The van der Waals surface area contributed by atoms with Crippen LogP contribution in [0.4, 0.5) is 0 Å². The van der Waals surface area contributed by atoms with Crippen LogP contribution in [0.15, 0.2) is 66.7 Å². The number of para-hydroxylation sites is 3. The number of fused-ring (bicyclic) bond motifs is 4. The molecule has 0 atom stereocenters. The van der Waals surface area contributed by atoms with Crippen molar-refractivity contribution in [2.75, 3.05) is 6.61 Å². The number of hydrogen-bond acceptors (Lipinski definition) is 3. The summed E-state index contributed by atoms with van der Waals surface area (Å²) in [5.41, 5.74) is 7.23. The van der Waals surface area contributed by atoms with Gasteiger partial charge in [-0.2, -0.15) is 0 Å². The summed E-state index contributed by atoms with van der Waals surface area (Å²) in [5, 5.41) is 1.14. The van der Waals surface area contributed by atoms with Crippen LogP contribution in [-0.4, -0.2) is 21.1 Å². The van der Waals surface area contributed by atoms with Crippen LogP contribution < -0.4 is 4.74 Å². The van der Waals surface area contributed by atoms with E-state index in [1.54, 1.807) is 0 Å². The fourth-order valence-corrected chi connectivity index (χ4v) is 4.06. The first-order valence-corrected chi connectivity index (χ1v) is 11.0. The van der Waals surface area contributed by atoms with Gasteiger partial charge in [-0.15, -0.1) is 0 Å². The zero-order chi connectivity index (χ0) is 21.4. The zero-order valence-corrected chi connectivity index (χ0v) is 18.3. The van der Waals surface area contributed by atoms with Gasteiger partial charge in [-0.3, -0.25) is 0 Å². The Hall–Kier alpha value is -3.40. The number of benzene rings is 3. The van der Waals surface area contributed by atoms with Gasteiger partial charge < -0.3 is 9.30 Å². The number of ether oxygens (including phenoxy) is 1. The summed E-state index contributed by atoms with van der Waals surface area (Å²) in [6.45, 7) is 7.98. The molecule has 0 saturated heterocycles. The van der Waals surface area contributed by atoms with E-state index in [4.69, 9.17) is 14.7 Å². The lowest BCUT2D eigenvalue weighted by atomic mass is 10.1.